The van der Waals surface area contributed by atoms with E-state index in [2.05, 4.69) is 11.8 Å². The maximum absolute atomic E-state index is 12.4. The van der Waals surface area contributed by atoms with E-state index in [1.54, 1.807) is 0 Å². The third-order valence-corrected chi connectivity index (χ3v) is 4.41. The van der Waals surface area contributed by atoms with Crippen molar-refractivity contribution < 1.29 is 9.53 Å². The monoisotopic (exact) mass is 238 g/mol. The second-order valence-corrected chi connectivity index (χ2v) is 5.52. The van der Waals surface area contributed by atoms with Crippen LogP contribution in [0.25, 0.3) is 0 Å². The zero-order valence-corrected chi connectivity index (χ0v) is 10.6. The van der Waals surface area contributed by atoms with E-state index in [4.69, 9.17) is 4.74 Å². The van der Waals surface area contributed by atoms with Gasteiger partial charge in [0.15, 0.2) is 0 Å². The largest absolute Gasteiger partial charge is 0.371 e. The molecule has 96 valence electrons. The van der Waals surface area contributed by atoms with Crippen LogP contribution in [0.3, 0.4) is 0 Å². The Morgan fingerprint density at radius 2 is 2.06 bits per heavy atom. The minimum absolute atomic E-state index is 0.134. The van der Waals surface area contributed by atoms with Gasteiger partial charge in [0, 0.05) is 26.2 Å². The van der Waals surface area contributed by atoms with Crippen molar-refractivity contribution in [2.24, 2.45) is 5.92 Å². The minimum atomic E-state index is 0.134. The Balaban J connectivity index is 1.66. The lowest BCUT2D eigenvalue weighted by Gasteiger charge is -2.32. The molecule has 4 heteroatoms. The highest BCUT2D eigenvalue weighted by Crippen LogP contribution is 2.33. The van der Waals surface area contributed by atoms with Crippen LogP contribution in [0.2, 0.25) is 0 Å². The number of rotatable bonds is 2. The minimum Gasteiger partial charge on any atom is -0.371 e. The molecule has 1 amide bonds. The Morgan fingerprint density at radius 1 is 1.29 bits per heavy atom. The van der Waals surface area contributed by atoms with E-state index >= 15 is 0 Å². The van der Waals surface area contributed by atoms with Crippen LogP contribution in [0.5, 0.6) is 0 Å². The van der Waals surface area contributed by atoms with Crippen LogP contribution in [-0.4, -0.2) is 60.6 Å². The molecule has 0 aromatic carbocycles. The predicted octanol–water partition coefficient (Wildman–Crippen LogP) is 0.718. The van der Waals surface area contributed by atoms with E-state index in [1.807, 2.05) is 4.90 Å². The smallest absolute Gasteiger partial charge is 0.228 e. The molecule has 0 radical (unpaired) electrons. The molecule has 3 aliphatic rings. The first-order valence-corrected chi connectivity index (χ1v) is 6.94. The second kappa shape index (κ2) is 4.58. The second-order valence-electron chi connectivity index (χ2n) is 5.52. The van der Waals surface area contributed by atoms with E-state index in [-0.39, 0.29) is 12.0 Å². The van der Waals surface area contributed by atoms with Gasteiger partial charge in [-0.1, -0.05) is 6.92 Å². The number of likely N-dealkylation sites (N-methyl/N-ethyl adjacent to an activating group) is 1. The SMILES string of the molecule is CCN1C[C@H]2C[C@H](C(=O)N3CCCC3)[C@@H](C1)O2. The van der Waals surface area contributed by atoms with Gasteiger partial charge in [-0.3, -0.25) is 9.69 Å². The van der Waals surface area contributed by atoms with Crippen molar-refractivity contribution in [2.75, 3.05) is 32.7 Å². The number of hydrogen-bond donors (Lipinski definition) is 0. The summed E-state index contributed by atoms with van der Waals surface area (Å²) in [5.41, 5.74) is 0. The molecule has 3 rings (SSSR count). The van der Waals surface area contributed by atoms with Gasteiger partial charge >= 0.3 is 0 Å². The highest BCUT2D eigenvalue weighted by molar-refractivity contribution is 5.80. The quantitative estimate of drug-likeness (QED) is 0.710. The maximum atomic E-state index is 12.4. The van der Waals surface area contributed by atoms with Crippen molar-refractivity contribution in [3.63, 3.8) is 0 Å². The van der Waals surface area contributed by atoms with Crippen molar-refractivity contribution in [3.8, 4) is 0 Å². The van der Waals surface area contributed by atoms with E-state index in [1.165, 1.54) is 12.8 Å². The van der Waals surface area contributed by atoms with Gasteiger partial charge in [0.25, 0.3) is 0 Å². The molecule has 0 aromatic heterocycles. The first-order chi connectivity index (χ1) is 8.28. The van der Waals surface area contributed by atoms with Gasteiger partial charge in [-0.15, -0.1) is 0 Å². The topological polar surface area (TPSA) is 32.8 Å². The van der Waals surface area contributed by atoms with E-state index in [0.717, 1.165) is 39.1 Å². The summed E-state index contributed by atoms with van der Waals surface area (Å²) >= 11 is 0. The van der Waals surface area contributed by atoms with Crippen LogP contribution in [0.1, 0.15) is 26.2 Å². The van der Waals surface area contributed by atoms with Crippen LogP contribution in [0.4, 0.5) is 0 Å². The summed E-state index contributed by atoms with van der Waals surface area (Å²) in [5, 5.41) is 0. The summed E-state index contributed by atoms with van der Waals surface area (Å²) in [7, 11) is 0. The fourth-order valence-corrected chi connectivity index (χ4v) is 3.43. The maximum Gasteiger partial charge on any atom is 0.228 e. The molecular formula is C13H22N2O2. The molecule has 2 bridgehead atoms. The molecule has 4 nitrogen and oxygen atoms in total. The van der Waals surface area contributed by atoms with Gasteiger partial charge in [0.05, 0.1) is 18.1 Å². The number of nitrogens with zero attached hydrogens (tertiary/aromatic N) is 2. The summed E-state index contributed by atoms with van der Waals surface area (Å²) in [6, 6.07) is 0. The number of carbonyl (C=O) groups excluding carboxylic acids is 1. The molecule has 3 aliphatic heterocycles. The normalized spacial score (nSPS) is 37.7. The summed E-state index contributed by atoms with van der Waals surface area (Å²) < 4.78 is 5.93. The summed E-state index contributed by atoms with van der Waals surface area (Å²) in [6.45, 7) is 7.13. The van der Waals surface area contributed by atoms with Gasteiger partial charge in [-0.25, -0.2) is 0 Å². The summed E-state index contributed by atoms with van der Waals surface area (Å²) in [4.78, 5) is 16.9. The third kappa shape index (κ3) is 2.08. The fraction of sp³-hybridized carbons (Fsp3) is 0.923. The van der Waals surface area contributed by atoms with Crippen molar-refractivity contribution >= 4 is 5.91 Å². The standard InChI is InChI=1S/C13H22N2O2/c1-2-14-8-10-7-11(12(9-14)17-10)13(16)15-5-3-4-6-15/h10-12H,2-9H2,1H3/t10-,11+,12-/m1/s1. The number of morpholine rings is 1. The molecule has 3 heterocycles. The number of likely N-dealkylation sites (tertiary alicyclic amines) is 2. The Hall–Kier alpha value is -0.610. The zero-order valence-electron chi connectivity index (χ0n) is 10.6. The van der Waals surface area contributed by atoms with Crippen LogP contribution < -0.4 is 0 Å². The van der Waals surface area contributed by atoms with Crippen molar-refractivity contribution in [1.82, 2.24) is 9.80 Å². The predicted molar refractivity (Wildman–Crippen MR) is 64.7 cm³/mol. The molecule has 0 saturated carbocycles. The average molecular weight is 238 g/mol. The number of hydrogen-bond acceptors (Lipinski definition) is 3. The van der Waals surface area contributed by atoms with Gasteiger partial charge in [-0.2, -0.15) is 0 Å². The lowest BCUT2D eigenvalue weighted by molar-refractivity contribution is -0.137. The Morgan fingerprint density at radius 3 is 2.76 bits per heavy atom. The van der Waals surface area contributed by atoms with E-state index < -0.39 is 0 Å². The molecule has 0 aliphatic carbocycles. The van der Waals surface area contributed by atoms with Gasteiger partial charge < -0.3 is 9.64 Å². The van der Waals surface area contributed by atoms with Crippen LogP contribution in [0, 0.1) is 5.92 Å². The lowest BCUT2D eigenvalue weighted by Crippen LogP contribution is -2.45. The highest BCUT2D eigenvalue weighted by Gasteiger charge is 2.45. The number of fused-ring (bicyclic) bond motifs is 2. The lowest BCUT2D eigenvalue weighted by atomic mass is 9.99. The Kier molecular flexibility index (Phi) is 3.09. The van der Waals surface area contributed by atoms with Gasteiger partial charge in [0.1, 0.15) is 0 Å². The van der Waals surface area contributed by atoms with Gasteiger partial charge in [-0.05, 0) is 25.8 Å². The average Bonchev–Trinajstić information content (AvgIpc) is 2.96. The Labute approximate surface area is 103 Å². The van der Waals surface area contributed by atoms with Gasteiger partial charge in [0.2, 0.25) is 5.91 Å². The first kappa shape index (κ1) is 11.5. The molecule has 0 spiro atoms. The van der Waals surface area contributed by atoms with E-state index in [0.29, 0.717) is 12.0 Å². The molecule has 0 N–H and O–H groups in total. The van der Waals surface area contributed by atoms with Crippen molar-refractivity contribution in [2.45, 2.75) is 38.4 Å². The van der Waals surface area contributed by atoms with Crippen LogP contribution in [-0.2, 0) is 9.53 Å². The molecule has 0 unspecified atom stereocenters. The Bertz CT molecular complexity index is 302. The molecule has 0 aromatic rings. The molecule has 3 saturated heterocycles. The third-order valence-electron chi connectivity index (χ3n) is 4.41. The highest BCUT2D eigenvalue weighted by atomic mass is 16.5. The molecule has 3 atom stereocenters. The zero-order chi connectivity index (χ0) is 11.8. The molecule has 3 fully saturated rings. The fourth-order valence-electron chi connectivity index (χ4n) is 3.43. The van der Waals surface area contributed by atoms with E-state index in [9.17, 15) is 4.79 Å². The number of amides is 1. The first-order valence-electron chi connectivity index (χ1n) is 6.94. The number of ether oxygens (including phenoxy) is 1. The number of carbonyl (C=O) groups is 1. The summed E-state index contributed by atoms with van der Waals surface area (Å²) in [5.74, 6) is 0.489. The molecule has 17 heavy (non-hydrogen) atoms. The van der Waals surface area contributed by atoms with Crippen molar-refractivity contribution in [1.29, 1.82) is 0 Å². The van der Waals surface area contributed by atoms with Crippen LogP contribution >= 0.6 is 0 Å². The molecular weight excluding hydrogens is 216 g/mol. The van der Waals surface area contributed by atoms with Crippen LogP contribution in [0.15, 0.2) is 0 Å². The summed E-state index contributed by atoms with van der Waals surface area (Å²) in [6.07, 6.45) is 3.74. The van der Waals surface area contributed by atoms with Crippen molar-refractivity contribution in [3.05, 3.63) is 0 Å².